The van der Waals surface area contributed by atoms with E-state index in [-0.39, 0.29) is 11.1 Å². The van der Waals surface area contributed by atoms with Crippen LogP contribution in [-0.2, 0) is 12.0 Å². The second-order valence-electron chi connectivity index (χ2n) is 6.42. The van der Waals surface area contributed by atoms with Gasteiger partial charge in [0.1, 0.15) is 0 Å². The van der Waals surface area contributed by atoms with Gasteiger partial charge in [0.25, 0.3) is 0 Å². The van der Waals surface area contributed by atoms with E-state index >= 15 is 0 Å². The number of aromatic nitrogens is 1. The van der Waals surface area contributed by atoms with Gasteiger partial charge in [-0.3, -0.25) is 4.79 Å². The number of fused-ring (bicyclic) bond motifs is 1. The maximum atomic E-state index is 11.6. The number of H-pyrrole nitrogens is 1. The number of hydrogen-bond donors (Lipinski definition) is 2. The van der Waals surface area contributed by atoms with Crippen LogP contribution in [0.4, 0.5) is 0 Å². The minimum absolute atomic E-state index is 0.0307. The summed E-state index contributed by atoms with van der Waals surface area (Å²) in [5.41, 5.74) is 4.11. The van der Waals surface area contributed by atoms with Gasteiger partial charge in [-0.05, 0) is 62.6 Å². The Balaban J connectivity index is 1.95. The highest BCUT2D eigenvalue weighted by atomic mass is 16.1. The lowest BCUT2D eigenvalue weighted by atomic mass is 9.57. The Morgan fingerprint density at radius 1 is 1.37 bits per heavy atom. The zero-order valence-electron chi connectivity index (χ0n) is 11.3. The zero-order chi connectivity index (χ0) is 13.0. The molecule has 0 aromatic carbocycles. The van der Waals surface area contributed by atoms with Crippen LogP contribution in [0, 0.1) is 11.8 Å². The molecule has 4 rings (SSSR count). The van der Waals surface area contributed by atoms with Crippen LogP contribution in [0.3, 0.4) is 0 Å². The molecule has 2 heterocycles. The van der Waals surface area contributed by atoms with Crippen molar-refractivity contribution in [2.45, 2.75) is 38.1 Å². The van der Waals surface area contributed by atoms with E-state index in [1.54, 1.807) is 6.07 Å². The molecule has 1 fully saturated rings. The Bertz CT molecular complexity index is 615. The first-order valence-electron chi connectivity index (χ1n) is 7.34. The predicted molar refractivity (Wildman–Crippen MR) is 75.0 cm³/mol. The zero-order valence-corrected chi connectivity index (χ0v) is 11.3. The number of rotatable bonds is 0. The number of pyridine rings is 1. The highest BCUT2D eigenvalue weighted by Crippen LogP contribution is 2.52. The van der Waals surface area contributed by atoms with Crippen LogP contribution in [0.5, 0.6) is 0 Å². The van der Waals surface area contributed by atoms with E-state index < -0.39 is 0 Å². The van der Waals surface area contributed by atoms with Crippen LogP contribution in [-0.4, -0.2) is 11.5 Å². The van der Waals surface area contributed by atoms with Gasteiger partial charge in [0.05, 0.1) is 5.54 Å². The SMILES string of the molecule is CC1=C[C@@H]2Cc3[nH]c(=O)ccc3[C@]3(C1)NCCC[C@H]23. The quantitative estimate of drug-likeness (QED) is 0.698. The summed E-state index contributed by atoms with van der Waals surface area (Å²) in [6.07, 6.45) is 7.11. The summed E-state index contributed by atoms with van der Waals surface area (Å²) in [7, 11) is 0. The van der Waals surface area contributed by atoms with Crippen LogP contribution < -0.4 is 10.9 Å². The number of allylic oxidation sites excluding steroid dienone is 1. The van der Waals surface area contributed by atoms with E-state index in [2.05, 4.69) is 29.4 Å². The molecule has 0 radical (unpaired) electrons. The fraction of sp³-hybridized carbons (Fsp3) is 0.562. The Hall–Kier alpha value is -1.35. The molecule has 3 atom stereocenters. The van der Waals surface area contributed by atoms with Crippen LogP contribution in [0.2, 0.25) is 0 Å². The molecule has 3 heteroatoms. The fourth-order valence-electron chi connectivity index (χ4n) is 4.69. The third-order valence-electron chi connectivity index (χ3n) is 5.26. The predicted octanol–water partition coefficient (Wildman–Crippen LogP) is 2.09. The smallest absolute Gasteiger partial charge is 0.248 e. The summed E-state index contributed by atoms with van der Waals surface area (Å²) in [5, 5.41) is 3.81. The Morgan fingerprint density at radius 3 is 3.16 bits per heavy atom. The molecule has 0 saturated carbocycles. The van der Waals surface area contributed by atoms with Crippen molar-refractivity contribution in [1.29, 1.82) is 0 Å². The minimum Gasteiger partial charge on any atom is -0.326 e. The average Bonchev–Trinajstić information content (AvgIpc) is 2.37. The lowest BCUT2D eigenvalue weighted by Gasteiger charge is -2.54. The summed E-state index contributed by atoms with van der Waals surface area (Å²) in [6, 6.07) is 3.75. The van der Waals surface area contributed by atoms with Crippen molar-refractivity contribution in [2.75, 3.05) is 6.54 Å². The molecule has 3 aliphatic rings. The average molecular weight is 256 g/mol. The number of nitrogens with one attached hydrogen (secondary N) is 2. The van der Waals surface area contributed by atoms with Crippen LogP contribution >= 0.6 is 0 Å². The Kier molecular flexibility index (Phi) is 2.31. The van der Waals surface area contributed by atoms with Gasteiger partial charge in [-0.15, -0.1) is 0 Å². The number of hydrogen-bond acceptors (Lipinski definition) is 2. The van der Waals surface area contributed by atoms with Crippen molar-refractivity contribution >= 4 is 0 Å². The first-order valence-corrected chi connectivity index (χ1v) is 7.34. The molecule has 1 aromatic rings. The lowest BCUT2D eigenvalue weighted by molar-refractivity contribution is 0.0883. The van der Waals surface area contributed by atoms with Crippen molar-refractivity contribution in [1.82, 2.24) is 10.3 Å². The summed E-state index contributed by atoms with van der Waals surface area (Å²) >= 11 is 0. The van der Waals surface area contributed by atoms with Gasteiger partial charge >= 0.3 is 0 Å². The van der Waals surface area contributed by atoms with E-state index in [0.29, 0.717) is 11.8 Å². The number of aromatic amines is 1. The van der Waals surface area contributed by atoms with Gasteiger partial charge in [-0.2, -0.15) is 0 Å². The first-order chi connectivity index (χ1) is 9.19. The van der Waals surface area contributed by atoms with Gasteiger partial charge in [0.2, 0.25) is 5.56 Å². The second-order valence-corrected chi connectivity index (χ2v) is 6.42. The fourth-order valence-corrected chi connectivity index (χ4v) is 4.69. The molecular formula is C16H20N2O. The van der Waals surface area contributed by atoms with Gasteiger partial charge in [0.15, 0.2) is 0 Å². The molecule has 3 nitrogen and oxygen atoms in total. The topological polar surface area (TPSA) is 44.9 Å². The Morgan fingerprint density at radius 2 is 2.26 bits per heavy atom. The van der Waals surface area contributed by atoms with Crippen molar-refractivity contribution in [3.05, 3.63) is 45.4 Å². The van der Waals surface area contributed by atoms with E-state index in [1.165, 1.54) is 24.0 Å². The summed E-state index contributed by atoms with van der Waals surface area (Å²) in [5.74, 6) is 1.29. The highest BCUT2D eigenvalue weighted by molar-refractivity contribution is 5.39. The van der Waals surface area contributed by atoms with E-state index in [4.69, 9.17) is 0 Å². The van der Waals surface area contributed by atoms with Crippen molar-refractivity contribution in [2.24, 2.45) is 11.8 Å². The maximum absolute atomic E-state index is 11.6. The molecule has 2 aliphatic carbocycles. The third-order valence-corrected chi connectivity index (χ3v) is 5.26. The molecule has 0 spiro atoms. The maximum Gasteiger partial charge on any atom is 0.248 e. The van der Waals surface area contributed by atoms with E-state index in [1.807, 2.05) is 0 Å². The lowest BCUT2D eigenvalue weighted by Crippen LogP contribution is -2.58. The summed E-state index contributed by atoms with van der Waals surface area (Å²) < 4.78 is 0. The minimum atomic E-state index is 0.0307. The first kappa shape index (κ1) is 11.5. The molecule has 100 valence electrons. The highest BCUT2D eigenvalue weighted by Gasteiger charge is 2.51. The second kappa shape index (κ2) is 3.83. The molecule has 1 saturated heterocycles. The normalized spacial score (nSPS) is 36.2. The van der Waals surface area contributed by atoms with Gasteiger partial charge in [0, 0.05) is 11.8 Å². The molecule has 1 aliphatic heterocycles. The number of piperidine rings is 1. The molecule has 0 amide bonds. The molecule has 0 unspecified atom stereocenters. The van der Waals surface area contributed by atoms with Gasteiger partial charge < -0.3 is 10.3 Å². The van der Waals surface area contributed by atoms with Gasteiger partial charge in [-0.25, -0.2) is 0 Å². The monoisotopic (exact) mass is 256 g/mol. The standard InChI is InChI=1S/C16H20N2O/c1-10-7-11-8-14-13(4-5-15(19)18-14)16(9-10)12(11)3-2-6-17-16/h4-5,7,11-12,17H,2-3,6,8-9H2,1H3,(H,18,19)/t11-,12-,16-/m1/s1. The van der Waals surface area contributed by atoms with Crippen LogP contribution in [0.15, 0.2) is 28.6 Å². The molecular weight excluding hydrogens is 236 g/mol. The van der Waals surface area contributed by atoms with Gasteiger partial charge in [-0.1, -0.05) is 11.6 Å². The van der Waals surface area contributed by atoms with Crippen molar-refractivity contribution < 1.29 is 0 Å². The van der Waals surface area contributed by atoms with E-state index in [9.17, 15) is 4.79 Å². The summed E-state index contributed by atoms with van der Waals surface area (Å²) in [4.78, 5) is 14.7. The Labute approximate surface area is 113 Å². The van der Waals surface area contributed by atoms with Crippen molar-refractivity contribution in [3.8, 4) is 0 Å². The van der Waals surface area contributed by atoms with Crippen molar-refractivity contribution in [3.63, 3.8) is 0 Å². The molecule has 2 N–H and O–H groups in total. The summed E-state index contributed by atoms with van der Waals surface area (Å²) in [6.45, 7) is 3.34. The molecule has 2 bridgehead atoms. The largest absolute Gasteiger partial charge is 0.326 e. The van der Waals surface area contributed by atoms with Crippen LogP contribution in [0.25, 0.3) is 0 Å². The van der Waals surface area contributed by atoms with E-state index in [0.717, 1.165) is 25.1 Å². The molecule has 1 aromatic heterocycles. The van der Waals surface area contributed by atoms with Crippen LogP contribution in [0.1, 0.15) is 37.4 Å². The molecule has 19 heavy (non-hydrogen) atoms. The third kappa shape index (κ3) is 1.51.